The molecule has 0 bridgehead atoms. The summed E-state index contributed by atoms with van der Waals surface area (Å²) in [6.45, 7) is 5.06. The van der Waals surface area contributed by atoms with Crippen molar-refractivity contribution in [3.63, 3.8) is 0 Å². The van der Waals surface area contributed by atoms with E-state index in [4.69, 9.17) is 5.26 Å². The van der Waals surface area contributed by atoms with Crippen molar-refractivity contribution in [1.29, 1.82) is 5.26 Å². The smallest absolute Gasteiger partial charge is 0.241 e. The lowest BCUT2D eigenvalue weighted by atomic mass is 10.2. The van der Waals surface area contributed by atoms with Gasteiger partial charge in [0.1, 0.15) is 5.82 Å². The van der Waals surface area contributed by atoms with Crippen LogP contribution in [0.4, 0.5) is 0 Å². The zero-order valence-corrected chi connectivity index (χ0v) is 13.3. The Morgan fingerprint density at radius 2 is 2.18 bits per heavy atom. The zero-order valence-electron chi connectivity index (χ0n) is 12.5. The quantitative estimate of drug-likeness (QED) is 0.881. The maximum atomic E-state index is 12.3. The number of aromatic nitrogens is 2. The van der Waals surface area contributed by atoms with Gasteiger partial charge in [-0.2, -0.15) is 5.26 Å². The van der Waals surface area contributed by atoms with Crippen molar-refractivity contribution in [2.45, 2.75) is 31.8 Å². The van der Waals surface area contributed by atoms with Crippen LogP contribution in [0.5, 0.6) is 0 Å². The van der Waals surface area contributed by atoms with Crippen LogP contribution in [0.2, 0.25) is 0 Å². The topological polar surface area (TPSA) is 87.8 Å². The highest BCUT2D eigenvalue weighted by Crippen LogP contribution is 2.12. The molecule has 7 heteroatoms. The lowest BCUT2D eigenvalue weighted by Gasteiger charge is -2.11. The number of nitrogens with one attached hydrogen (secondary N) is 1. The first-order chi connectivity index (χ1) is 10.4. The van der Waals surface area contributed by atoms with Crippen molar-refractivity contribution in [2.75, 3.05) is 0 Å². The first kappa shape index (κ1) is 16.2. The van der Waals surface area contributed by atoms with E-state index >= 15 is 0 Å². The average Bonchev–Trinajstić information content (AvgIpc) is 2.92. The molecule has 6 nitrogen and oxygen atoms in total. The monoisotopic (exact) mass is 318 g/mol. The van der Waals surface area contributed by atoms with E-state index in [1.165, 1.54) is 12.1 Å². The molecule has 1 aromatic heterocycles. The number of hydrogen-bond acceptors (Lipinski definition) is 4. The van der Waals surface area contributed by atoms with Crippen LogP contribution >= 0.6 is 0 Å². The van der Waals surface area contributed by atoms with E-state index in [0.717, 1.165) is 6.54 Å². The van der Waals surface area contributed by atoms with Crippen LogP contribution in [0.1, 0.15) is 25.2 Å². The second kappa shape index (κ2) is 6.73. The fraction of sp³-hybridized carbons (Fsp3) is 0.333. The molecule has 0 fully saturated rings. The average molecular weight is 318 g/mol. The first-order valence-electron chi connectivity index (χ1n) is 6.92. The number of nitrogens with zero attached hydrogens (tertiary/aromatic N) is 3. The summed E-state index contributed by atoms with van der Waals surface area (Å²) in [6, 6.07) is 7.86. The third kappa shape index (κ3) is 3.93. The van der Waals surface area contributed by atoms with E-state index in [2.05, 4.69) is 23.6 Å². The van der Waals surface area contributed by atoms with Gasteiger partial charge in [0.2, 0.25) is 10.0 Å². The molecule has 22 heavy (non-hydrogen) atoms. The lowest BCUT2D eigenvalue weighted by Crippen LogP contribution is -2.25. The summed E-state index contributed by atoms with van der Waals surface area (Å²) in [5.41, 5.74) is 0.309. The molecule has 0 saturated heterocycles. The maximum Gasteiger partial charge on any atom is 0.241 e. The molecule has 0 spiro atoms. The molecule has 1 N–H and O–H groups in total. The van der Waals surface area contributed by atoms with Crippen LogP contribution in [0.15, 0.2) is 41.6 Å². The van der Waals surface area contributed by atoms with E-state index in [-0.39, 0.29) is 11.4 Å². The molecule has 1 heterocycles. The summed E-state index contributed by atoms with van der Waals surface area (Å²) in [5, 5.41) is 8.85. The molecule has 0 radical (unpaired) electrons. The van der Waals surface area contributed by atoms with Gasteiger partial charge in [0.15, 0.2) is 0 Å². The van der Waals surface area contributed by atoms with E-state index in [1.54, 1.807) is 18.3 Å². The number of hydrogen-bond donors (Lipinski definition) is 1. The van der Waals surface area contributed by atoms with E-state index < -0.39 is 10.0 Å². The van der Waals surface area contributed by atoms with Crippen LogP contribution in [0, 0.1) is 17.2 Å². The van der Waals surface area contributed by atoms with Gasteiger partial charge < -0.3 is 4.57 Å². The van der Waals surface area contributed by atoms with Gasteiger partial charge in [-0.1, -0.05) is 19.9 Å². The number of nitriles is 1. The van der Waals surface area contributed by atoms with Crippen LogP contribution in [-0.4, -0.2) is 18.0 Å². The van der Waals surface area contributed by atoms with E-state index in [0.29, 0.717) is 17.3 Å². The number of imidazole rings is 1. The Hall–Kier alpha value is -2.17. The molecule has 0 saturated carbocycles. The Balaban J connectivity index is 2.13. The van der Waals surface area contributed by atoms with Gasteiger partial charge in [-0.25, -0.2) is 18.1 Å². The fourth-order valence-corrected chi connectivity index (χ4v) is 3.07. The van der Waals surface area contributed by atoms with Gasteiger partial charge in [-0.3, -0.25) is 0 Å². The highest BCUT2D eigenvalue weighted by Gasteiger charge is 2.15. The zero-order chi connectivity index (χ0) is 16.2. The van der Waals surface area contributed by atoms with Crippen molar-refractivity contribution >= 4 is 10.0 Å². The summed E-state index contributed by atoms with van der Waals surface area (Å²) < 4.78 is 29.0. The Labute approximate surface area is 130 Å². The number of rotatable bonds is 6. The van der Waals surface area contributed by atoms with E-state index in [9.17, 15) is 8.42 Å². The summed E-state index contributed by atoms with van der Waals surface area (Å²) in [6.07, 6.45) is 3.49. The number of benzene rings is 1. The van der Waals surface area contributed by atoms with E-state index in [1.807, 2.05) is 16.8 Å². The minimum atomic E-state index is -3.67. The molecule has 0 atom stereocenters. The highest BCUT2D eigenvalue weighted by molar-refractivity contribution is 7.89. The van der Waals surface area contributed by atoms with Crippen LogP contribution in [0.3, 0.4) is 0 Å². The molecule has 116 valence electrons. The third-order valence-electron chi connectivity index (χ3n) is 3.06. The molecule has 0 aliphatic rings. The molecular weight excluding hydrogens is 300 g/mol. The normalized spacial score (nSPS) is 11.5. The van der Waals surface area contributed by atoms with Crippen molar-refractivity contribution < 1.29 is 8.42 Å². The first-order valence-corrected chi connectivity index (χ1v) is 8.40. The van der Waals surface area contributed by atoms with Gasteiger partial charge in [-0.15, -0.1) is 0 Å². The molecule has 0 unspecified atom stereocenters. The minimum absolute atomic E-state index is 0.0773. The lowest BCUT2D eigenvalue weighted by molar-refractivity contribution is 0.502. The summed E-state index contributed by atoms with van der Waals surface area (Å²) >= 11 is 0. The summed E-state index contributed by atoms with van der Waals surface area (Å²) in [5.74, 6) is 1.10. The van der Waals surface area contributed by atoms with Crippen LogP contribution in [0.25, 0.3) is 0 Å². The van der Waals surface area contributed by atoms with Crippen molar-refractivity contribution in [3.8, 4) is 6.07 Å². The van der Waals surface area contributed by atoms with Crippen LogP contribution < -0.4 is 4.72 Å². The third-order valence-corrected chi connectivity index (χ3v) is 4.46. The number of sulfonamides is 1. The predicted molar refractivity (Wildman–Crippen MR) is 82.2 cm³/mol. The van der Waals surface area contributed by atoms with Crippen LogP contribution in [-0.2, 0) is 23.1 Å². The maximum absolute atomic E-state index is 12.3. The molecule has 0 aliphatic heterocycles. The predicted octanol–water partition coefficient (Wildman–Crippen LogP) is 1.89. The van der Waals surface area contributed by atoms with Crippen molar-refractivity contribution in [3.05, 3.63) is 48.0 Å². The fourth-order valence-electron chi connectivity index (χ4n) is 2.04. The Kier molecular flexibility index (Phi) is 4.96. The standard InChI is InChI=1S/C15H18N4O2S/c1-12(2)11-19-7-6-17-15(19)10-18-22(20,21)14-5-3-4-13(8-14)9-16/h3-8,12,18H,10-11H2,1-2H3. The minimum Gasteiger partial charge on any atom is -0.334 e. The largest absolute Gasteiger partial charge is 0.334 e. The molecule has 0 amide bonds. The Morgan fingerprint density at radius 3 is 2.86 bits per heavy atom. The van der Waals surface area contributed by atoms with Gasteiger partial charge >= 0.3 is 0 Å². The molecular formula is C15H18N4O2S. The van der Waals surface area contributed by atoms with Gasteiger partial charge in [0.05, 0.1) is 23.1 Å². The molecule has 1 aromatic carbocycles. The molecule has 0 aliphatic carbocycles. The summed E-state index contributed by atoms with van der Waals surface area (Å²) in [7, 11) is -3.67. The highest BCUT2D eigenvalue weighted by atomic mass is 32.2. The Morgan fingerprint density at radius 1 is 1.41 bits per heavy atom. The molecule has 2 rings (SSSR count). The second-order valence-electron chi connectivity index (χ2n) is 5.35. The second-order valence-corrected chi connectivity index (χ2v) is 7.12. The molecule has 2 aromatic rings. The SMILES string of the molecule is CC(C)Cn1ccnc1CNS(=O)(=O)c1cccc(C#N)c1. The summed E-state index contributed by atoms with van der Waals surface area (Å²) in [4.78, 5) is 4.26. The Bertz CT molecular complexity index is 788. The van der Waals surface area contributed by atoms with Gasteiger partial charge in [-0.05, 0) is 24.1 Å². The van der Waals surface area contributed by atoms with Crippen molar-refractivity contribution in [2.24, 2.45) is 5.92 Å². The van der Waals surface area contributed by atoms with Crippen molar-refractivity contribution in [1.82, 2.24) is 14.3 Å². The van der Waals surface area contributed by atoms with Gasteiger partial charge in [0, 0.05) is 18.9 Å². The van der Waals surface area contributed by atoms with Gasteiger partial charge in [0.25, 0.3) is 0 Å².